The summed E-state index contributed by atoms with van der Waals surface area (Å²) in [6, 6.07) is 21.9. The fourth-order valence-electron chi connectivity index (χ4n) is 3.41. The second-order valence-electron chi connectivity index (χ2n) is 7.05. The highest BCUT2D eigenvalue weighted by molar-refractivity contribution is 7.76. The fourth-order valence-corrected chi connectivity index (χ4v) is 5.96. The Bertz CT molecular complexity index is 800. The molecular weight excluding hydrogens is 337 g/mol. The second-order valence-corrected chi connectivity index (χ2v) is 9.27. The number of benzene rings is 2. The maximum absolute atomic E-state index is 6.03. The van der Waals surface area contributed by atoms with Crippen molar-refractivity contribution in [1.29, 1.82) is 0 Å². The molecule has 2 aromatic rings. The lowest BCUT2D eigenvalue weighted by atomic mass is 10.1. The average Bonchev–Trinajstić information content (AvgIpc) is 3.33. The summed E-state index contributed by atoms with van der Waals surface area (Å²) in [6.07, 6.45) is 6.67. The van der Waals surface area contributed by atoms with Gasteiger partial charge in [0, 0.05) is 0 Å². The van der Waals surface area contributed by atoms with E-state index in [1.54, 1.807) is 0 Å². The number of aliphatic imine (C=N–C) groups is 1. The van der Waals surface area contributed by atoms with Gasteiger partial charge < -0.3 is 4.74 Å². The van der Waals surface area contributed by atoms with E-state index in [-0.39, 0.29) is 12.0 Å². The molecule has 0 fully saturated rings. The van der Waals surface area contributed by atoms with Gasteiger partial charge in [-0.3, -0.25) is 0 Å². The molecule has 1 aliphatic carbocycles. The van der Waals surface area contributed by atoms with Gasteiger partial charge in [0.1, 0.15) is 6.61 Å². The van der Waals surface area contributed by atoms with Crippen LogP contribution in [0.15, 0.2) is 89.2 Å². The van der Waals surface area contributed by atoms with Crippen LogP contribution in [0.5, 0.6) is 0 Å². The van der Waals surface area contributed by atoms with Crippen molar-refractivity contribution in [3.63, 3.8) is 0 Å². The smallest absolute Gasteiger partial charge is 0.195 e. The first-order valence-corrected chi connectivity index (χ1v) is 10.6. The zero-order chi connectivity index (χ0) is 17.9. The molecule has 0 amide bonds. The minimum absolute atomic E-state index is 0.158. The predicted octanol–water partition coefficient (Wildman–Crippen LogP) is 4.64. The lowest BCUT2D eigenvalue weighted by Gasteiger charge is -2.24. The van der Waals surface area contributed by atoms with E-state index >= 15 is 0 Å². The summed E-state index contributed by atoms with van der Waals surface area (Å²) in [6.45, 7) is 5.13. The van der Waals surface area contributed by atoms with Crippen LogP contribution in [0, 0.1) is 11.8 Å². The first-order valence-electron chi connectivity index (χ1n) is 9.23. The molecule has 1 heterocycles. The van der Waals surface area contributed by atoms with Crippen LogP contribution < -0.4 is 10.6 Å². The molecule has 2 aromatic carbocycles. The molecule has 0 radical (unpaired) electrons. The van der Waals surface area contributed by atoms with E-state index < -0.39 is 7.92 Å². The molecule has 0 N–H and O–H groups in total. The van der Waals surface area contributed by atoms with Crippen molar-refractivity contribution in [3.8, 4) is 0 Å². The molecule has 0 saturated carbocycles. The molecule has 26 heavy (non-hydrogen) atoms. The Morgan fingerprint density at radius 2 is 1.58 bits per heavy atom. The minimum atomic E-state index is -0.599. The van der Waals surface area contributed by atoms with Crippen molar-refractivity contribution in [2.45, 2.75) is 19.9 Å². The number of allylic oxidation sites excluding steroid dienone is 2. The summed E-state index contributed by atoms with van der Waals surface area (Å²) in [4.78, 5) is 4.90. The van der Waals surface area contributed by atoms with E-state index in [1.165, 1.54) is 15.9 Å². The maximum Gasteiger partial charge on any atom is 0.195 e. The molecule has 4 rings (SSSR count). The Morgan fingerprint density at radius 1 is 0.962 bits per heavy atom. The third-order valence-corrected chi connectivity index (χ3v) is 7.48. The van der Waals surface area contributed by atoms with Gasteiger partial charge in [-0.05, 0) is 29.8 Å². The summed E-state index contributed by atoms with van der Waals surface area (Å²) in [5.74, 6) is 1.56. The van der Waals surface area contributed by atoms with Gasteiger partial charge in [0.15, 0.2) is 5.90 Å². The minimum Gasteiger partial charge on any atom is -0.478 e. The van der Waals surface area contributed by atoms with Gasteiger partial charge in [0.25, 0.3) is 0 Å². The van der Waals surface area contributed by atoms with Gasteiger partial charge >= 0.3 is 0 Å². The molecule has 132 valence electrons. The van der Waals surface area contributed by atoms with Crippen LogP contribution >= 0.6 is 7.92 Å². The van der Waals surface area contributed by atoms with E-state index in [1.807, 2.05) is 0 Å². The predicted molar refractivity (Wildman–Crippen MR) is 112 cm³/mol. The molecular formula is C23H24NOP. The zero-order valence-corrected chi connectivity index (χ0v) is 16.1. The molecule has 2 aliphatic rings. The van der Waals surface area contributed by atoms with Gasteiger partial charge in [-0.1, -0.05) is 92.7 Å². The van der Waals surface area contributed by atoms with Gasteiger partial charge in [-0.15, -0.1) is 0 Å². The van der Waals surface area contributed by atoms with Crippen LogP contribution in [-0.2, 0) is 4.74 Å². The topological polar surface area (TPSA) is 21.6 Å². The normalized spacial score (nSPS) is 21.8. The summed E-state index contributed by atoms with van der Waals surface area (Å²) >= 11 is 0. The Kier molecular flexibility index (Phi) is 5.04. The number of rotatable bonds is 5. The van der Waals surface area contributed by atoms with Crippen molar-refractivity contribution >= 4 is 24.4 Å². The van der Waals surface area contributed by atoms with Crippen LogP contribution in [0.25, 0.3) is 0 Å². The quantitative estimate of drug-likeness (QED) is 0.711. The average molecular weight is 361 g/mol. The first-order chi connectivity index (χ1) is 12.7. The van der Waals surface area contributed by atoms with E-state index in [4.69, 9.17) is 9.73 Å². The van der Waals surface area contributed by atoms with Crippen LogP contribution in [0.1, 0.15) is 13.8 Å². The highest BCUT2D eigenvalue weighted by Gasteiger charge is 2.34. The molecule has 3 heteroatoms. The SMILES string of the molecule is CC(C)[C@H]1COC(C2C=CC=C2P(c2ccccc2)c2ccccc2)=N1. The molecule has 2 atom stereocenters. The van der Waals surface area contributed by atoms with Crippen LogP contribution in [-0.4, -0.2) is 18.5 Å². The molecule has 0 saturated heterocycles. The lowest BCUT2D eigenvalue weighted by molar-refractivity contribution is 0.284. The summed E-state index contributed by atoms with van der Waals surface area (Å²) in [7, 11) is -0.599. The highest BCUT2D eigenvalue weighted by atomic mass is 31.1. The third-order valence-electron chi connectivity index (χ3n) is 4.91. The van der Waals surface area contributed by atoms with E-state index in [0.29, 0.717) is 12.5 Å². The second kappa shape index (κ2) is 7.60. The largest absolute Gasteiger partial charge is 0.478 e. The molecule has 0 aromatic heterocycles. The van der Waals surface area contributed by atoms with Gasteiger partial charge in [0.2, 0.25) is 0 Å². The van der Waals surface area contributed by atoms with Gasteiger partial charge in [0.05, 0.1) is 12.0 Å². The van der Waals surface area contributed by atoms with Crippen LogP contribution in [0.2, 0.25) is 0 Å². The van der Waals surface area contributed by atoms with Crippen LogP contribution in [0.4, 0.5) is 0 Å². The Morgan fingerprint density at radius 3 is 2.12 bits per heavy atom. The third kappa shape index (κ3) is 3.39. The number of nitrogens with zero attached hydrogens (tertiary/aromatic N) is 1. The van der Waals surface area contributed by atoms with Crippen LogP contribution in [0.3, 0.4) is 0 Å². The highest BCUT2D eigenvalue weighted by Crippen LogP contribution is 2.49. The Labute approximate surface area is 157 Å². The monoisotopic (exact) mass is 361 g/mol. The Hall–Kier alpha value is -2.18. The summed E-state index contributed by atoms with van der Waals surface area (Å²) in [5.41, 5.74) is 0. The van der Waals surface area contributed by atoms with E-state index in [9.17, 15) is 0 Å². The summed E-state index contributed by atoms with van der Waals surface area (Å²) in [5, 5.41) is 4.14. The number of hydrogen-bond acceptors (Lipinski definition) is 2. The standard InChI is InChI=1S/C23H24NOP/c1-17(2)21-16-25-23(24-21)20-14-9-15-22(20)26(18-10-5-3-6-11-18)19-12-7-4-8-13-19/h3-15,17,20-21H,16H2,1-2H3/t20?,21-/m1/s1. The van der Waals surface area contributed by atoms with Crippen molar-refractivity contribution < 1.29 is 4.74 Å². The van der Waals surface area contributed by atoms with Crippen molar-refractivity contribution in [2.75, 3.05) is 6.61 Å². The van der Waals surface area contributed by atoms with E-state index in [2.05, 4.69) is 92.7 Å². The van der Waals surface area contributed by atoms with E-state index in [0.717, 1.165) is 5.90 Å². The van der Waals surface area contributed by atoms with Crippen molar-refractivity contribution in [3.05, 3.63) is 84.2 Å². The van der Waals surface area contributed by atoms with Gasteiger partial charge in [-0.2, -0.15) is 0 Å². The van der Waals surface area contributed by atoms with Crippen molar-refractivity contribution in [2.24, 2.45) is 16.8 Å². The molecule has 0 bridgehead atoms. The van der Waals surface area contributed by atoms with Crippen molar-refractivity contribution in [1.82, 2.24) is 0 Å². The van der Waals surface area contributed by atoms with Gasteiger partial charge in [-0.25, -0.2) is 4.99 Å². The Balaban J connectivity index is 1.71. The zero-order valence-electron chi connectivity index (χ0n) is 15.2. The lowest BCUT2D eigenvalue weighted by Crippen LogP contribution is -2.20. The summed E-state index contributed by atoms with van der Waals surface area (Å²) < 4.78 is 6.03. The molecule has 0 spiro atoms. The molecule has 1 aliphatic heterocycles. The number of hydrogen-bond donors (Lipinski definition) is 0. The molecule has 1 unspecified atom stereocenters. The number of ether oxygens (including phenoxy) is 1. The molecule has 2 nitrogen and oxygen atoms in total. The first kappa shape index (κ1) is 17.2. The fraction of sp³-hybridized carbons (Fsp3) is 0.261. The maximum atomic E-state index is 6.03.